The van der Waals surface area contributed by atoms with Gasteiger partial charge in [0.25, 0.3) is 0 Å². The molecular formula is C12H17NO8. The Bertz CT molecular complexity index is 429. The van der Waals surface area contributed by atoms with Gasteiger partial charge in [-0.15, -0.1) is 0 Å². The first-order valence-corrected chi connectivity index (χ1v) is 6.09. The highest BCUT2D eigenvalue weighted by Crippen LogP contribution is 2.14. The van der Waals surface area contributed by atoms with Crippen molar-refractivity contribution in [1.82, 2.24) is 5.32 Å². The maximum absolute atomic E-state index is 11.9. The number of nitrogens with one attached hydrogen (secondary N) is 1. The summed E-state index contributed by atoms with van der Waals surface area (Å²) in [7, 11) is 0. The first kappa shape index (κ1) is 18.6. The van der Waals surface area contributed by atoms with Gasteiger partial charge in [-0.05, 0) is 6.42 Å². The molecule has 0 saturated heterocycles. The molecule has 0 saturated carbocycles. The number of Topliss-reactive ketones (excluding diaryl/α,β-unsaturated/α-hetero) is 1. The molecule has 0 unspecified atom stereocenters. The third kappa shape index (κ3) is 8.35. The molecule has 0 aliphatic rings. The minimum atomic E-state index is -1.35. The highest BCUT2D eigenvalue weighted by atomic mass is 16.4. The molecule has 0 aliphatic carbocycles. The van der Waals surface area contributed by atoms with Crippen LogP contribution in [-0.2, 0) is 24.0 Å². The van der Waals surface area contributed by atoms with Crippen LogP contribution >= 0.6 is 0 Å². The minimum Gasteiger partial charge on any atom is -0.481 e. The number of hydrogen-bond donors (Lipinski definition) is 4. The smallest absolute Gasteiger partial charge is 0.306 e. The third-order valence-corrected chi connectivity index (χ3v) is 2.65. The Morgan fingerprint density at radius 2 is 1.52 bits per heavy atom. The van der Waals surface area contributed by atoms with E-state index in [4.69, 9.17) is 15.3 Å². The molecule has 0 aliphatic heterocycles. The molecule has 0 spiro atoms. The van der Waals surface area contributed by atoms with Crippen LogP contribution in [0.25, 0.3) is 0 Å². The monoisotopic (exact) mass is 303 g/mol. The van der Waals surface area contributed by atoms with Crippen LogP contribution in [0.4, 0.5) is 0 Å². The van der Waals surface area contributed by atoms with Crippen LogP contribution in [-0.4, -0.2) is 51.0 Å². The Balaban J connectivity index is 4.80. The molecule has 21 heavy (non-hydrogen) atoms. The summed E-state index contributed by atoms with van der Waals surface area (Å²) in [5.74, 6) is -6.48. The van der Waals surface area contributed by atoms with Crippen LogP contribution in [0.3, 0.4) is 0 Å². The normalized spacial score (nSPS) is 13.0. The molecule has 0 heterocycles. The molecule has 2 atom stereocenters. The van der Waals surface area contributed by atoms with E-state index in [-0.39, 0.29) is 6.42 Å². The second-order valence-corrected chi connectivity index (χ2v) is 4.49. The predicted molar refractivity (Wildman–Crippen MR) is 67.5 cm³/mol. The van der Waals surface area contributed by atoms with E-state index in [2.05, 4.69) is 5.32 Å². The minimum absolute atomic E-state index is 0.254. The van der Waals surface area contributed by atoms with Gasteiger partial charge in [0.2, 0.25) is 5.91 Å². The van der Waals surface area contributed by atoms with E-state index in [0.29, 0.717) is 0 Å². The fraction of sp³-hybridized carbons (Fsp3) is 0.583. The van der Waals surface area contributed by atoms with E-state index < -0.39 is 60.8 Å². The second kappa shape index (κ2) is 8.67. The number of carboxylic acids is 3. The number of aliphatic carboxylic acids is 3. The Hall–Kier alpha value is -2.45. The van der Waals surface area contributed by atoms with Gasteiger partial charge in [0.15, 0.2) is 5.78 Å². The summed E-state index contributed by atoms with van der Waals surface area (Å²) >= 11 is 0. The van der Waals surface area contributed by atoms with Crippen LogP contribution in [0.5, 0.6) is 0 Å². The first-order chi connectivity index (χ1) is 9.63. The van der Waals surface area contributed by atoms with Crippen LogP contribution < -0.4 is 5.32 Å². The summed E-state index contributed by atoms with van der Waals surface area (Å²) in [6.07, 6.45) is -1.88. The lowest BCUT2D eigenvalue weighted by Gasteiger charge is -2.17. The molecular weight excluding hydrogens is 286 g/mol. The summed E-state index contributed by atoms with van der Waals surface area (Å²) in [5, 5.41) is 28.3. The lowest BCUT2D eigenvalue weighted by Crippen LogP contribution is -2.42. The number of amides is 1. The second-order valence-electron chi connectivity index (χ2n) is 4.49. The Morgan fingerprint density at radius 3 is 1.90 bits per heavy atom. The van der Waals surface area contributed by atoms with Gasteiger partial charge in [0.1, 0.15) is 0 Å². The number of carbonyl (C=O) groups excluding carboxylic acids is 2. The predicted octanol–water partition coefficient (Wildman–Crippen LogP) is -0.509. The summed E-state index contributed by atoms with van der Waals surface area (Å²) in [5.41, 5.74) is 0. The van der Waals surface area contributed by atoms with Crippen molar-refractivity contribution in [2.24, 2.45) is 5.92 Å². The molecule has 0 bridgehead atoms. The quantitative estimate of drug-likeness (QED) is 0.420. The number of carbonyl (C=O) groups is 5. The van der Waals surface area contributed by atoms with Crippen LogP contribution in [0.2, 0.25) is 0 Å². The lowest BCUT2D eigenvalue weighted by atomic mass is 9.93. The van der Waals surface area contributed by atoms with Crippen LogP contribution in [0.15, 0.2) is 0 Å². The molecule has 4 N–H and O–H groups in total. The molecule has 0 radical (unpaired) electrons. The highest BCUT2D eigenvalue weighted by molar-refractivity contribution is 5.93. The van der Waals surface area contributed by atoms with Crippen molar-refractivity contribution in [2.75, 3.05) is 0 Å². The van der Waals surface area contributed by atoms with Gasteiger partial charge in [-0.2, -0.15) is 0 Å². The molecule has 0 aromatic rings. The van der Waals surface area contributed by atoms with Gasteiger partial charge >= 0.3 is 17.9 Å². The third-order valence-electron chi connectivity index (χ3n) is 2.65. The SMILES string of the molecule is CC(=O)N[C@@H](CC(=O)O)C(=O)C[C@@H](CCC(=O)O)C(=O)O. The molecule has 118 valence electrons. The summed E-state index contributed by atoms with van der Waals surface area (Å²) < 4.78 is 0. The molecule has 9 nitrogen and oxygen atoms in total. The van der Waals surface area contributed by atoms with Gasteiger partial charge < -0.3 is 20.6 Å². The number of hydrogen-bond acceptors (Lipinski definition) is 5. The van der Waals surface area contributed by atoms with E-state index in [1.54, 1.807) is 0 Å². The number of rotatable bonds is 10. The van der Waals surface area contributed by atoms with Crippen molar-refractivity contribution in [3.63, 3.8) is 0 Å². The van der Waals surface area contributed by atoms with E-state index in [0.717, 1.165) is 6.92 Å². The van der Waals surface area contributed by atoms with Gasteiger partial charge in [-0.3, -0.25) is 24.0 Å². The van der Waals surface area contributed by atoms with Crippen LogP contribution in [0.1, 0.15) is 32.6 Å². The molecule has 0 rings (SSSR count). The maximum atomic E-state index is 11.9. The highest BCUT2D eigenvalue weighted by Gasteiger charge is 2.28. The van der Waals surface area contributed by atoms with Crippen molar-refractivity contribution in [2.45, 2.75) is 38.6 Å². The molecule has 0 fully saturated rings. The standard InChI is InChI=1S/C12H17NO8/c1-6(14)13-8(5-11(18)19)9(15)4-7(12(20)21)2-3-10(16)17/h7-8H,2-5H2,1H3,(H,13,14)(H,16,17)(H,18,19)(H,20,21)/t7-,8+/m1/s1. The van der Waals surface area contributed by atoms with Crippen molar-refractivity contribution >= 4 is 29.6 Å². The van der Waals surface area contributed by atoms with Gasteiger partial charge in [-0.25, -0.2) is 0 Å². The zero-order valence-corrected chi connectivity index (χ0v) is 11.4. The molecule has 0 aromatic heterocycles. The number of carboxylic acid groups (broad SMARTS) is 3. The molecule has 0 aromatic carbocycles. The maximum Gasteiger partial charge on any atom is 0.306 e. The Kier molecular flexibility index (Phi) is 7.66. The van der Waals surface area contributed by atoms with E-state index in [9.17, 15) is 24.0 Å². The zero-order valence-electron chi connectivity index (χ0n) is 11.4. The van der Waals surface area contributed by atoms with Crippen molar-refractivity contribution in [1.29, 1.82) is 0 Å². The largest absolute Gasteiger partial charge is 0.481 e. The Labute approximate surface area is 119 Å². The van der Waals surface area contributed by atoms with Gasteiger partial charge in [0.05, 0.1) is 18.4 Å². The molecule has 1 amide bonds. The molecule has 9 heteroatoms. The van der Waals surface area contributed by atoms with Crippen molar-refractivity contribution in [3.05, 3.63) is 0 Å². The van der Waals surface area contributed by atoms with Gasteiger partial charge in [-0.1, -0.05) is 0 Å². The average Bonchev–Trinajstić information content (AvgIpc) is 2.31. The first-order valence-electron chi connectivity index (χ1n) is 6.09. The van der Waals surface area contributed by atoms with Crippen molar-refractivity contribution < 1.29 is 39.3 Å². The van der Waals surface area contributed by atoms with Gasteiger partial charge in [0, 0.05) is 19.8 Å². The summed E-state index contributed by atoms with van der Waals surface area (Å²) in [4.78, 5) is 54.8. The van der Waals surface area contributed by atoms with Crippen LogP contribution in [0, 0.1) is 5.92 Å². The fourth-order valence-electron chi connectivity index (χ4n) is 1.66. The fourth-order valence-corrected chi connectivity index (χ4v) is 1.66. The zero-order chi connectivity index (χ0) is 16.6. The van der Waals surface area contributed by atoms with E-state index >= 15 is 0 Å². The lowest BCUT2D eigenvalue weighted by molar-refractivity contribution is -0.145. The van der Waals surface area contributed by atoms with E-state index in [1.807, 2.05) is 0 Å². The average molecular weight is 303 g/mol. The topological polar surface area (TPSA) is 158 Å². The van der Waals surface area contributed by atoms with Crippen molar-refractivity contribution in [3.8, 4) is 0 Å². The number of ketones is 1. The Morgan fingerprint density at radius 1 is 0.952 bits per heavy atom. The summed E-state index contributed by atoms with van der Waals surface area (Å²) in [6.45, 7) is 1.10. The van der Waals surface area contributed by atoms with E-state index in [1.165, 1.54) is 0 Å². The summed E-state index contributed by atoms with van der Waals surface area (Å²) in [6, 6.07) is -1.33.